The monoisotopic (exact) mass is 472 g/mol. The van der Waals surface area contributed by atoms with Gasteiger partial charge in [-0.05, 0) is 55.3 Å². The lowest BCUT2D eigenvalue weighted by Gasteiger charge is -2.11. The molecule has 0 unspecified atom stereocenters. The second-order valence-corrected chi connectivity index (χ2v) is 8.82. The van der Waals surface area contributed by atoms with E-state index in [1.165, 1.54) is 0 Å². The summed E-state index contributed by atoms with van der Waals surface area (Å²) in [5, 5.41) is 13.1. The second-order valence-electron chi connectivity index (χ2n) is 7.33. The van der Waals surface area contributed by atoms with Crippen LogP contribution in [0.5, 0.6) is 5.75 Å². The number of unbranched alkanes of at least 4 members (excludes halogenated alkanes) is 2. The molecule has 32 heavy (non-hydrogen) atoms. The fourth-order valence-corrected chi connectivity index (χ4v) is 4.23. The number of rotatable bonds is 12. The Morgan fingerprint density at radius 2 is 1.88 bits per heavy atom. The van der Waals surface area contributed by atoms with Gasteiger partial charge >= 0.3 is 0 Å². The van der Waals surface area contributed by atoms with E-state index in [-0.39, 0.29) is 12.5 Å². The third-order valence-corrected chi connectivity index (χ3v) is 6.04. The molecule has 3 aromatic rings. The zero-order valence-electron chi connectivity index (χ0n) is 18.5. The van der Waals surface area contributed by atoms with Gasteiger partial charge in [0.25, 0.3) is 5.91 Å². The molecule has 1 heterocycles. The fraction of sp³-hybridized carbons (Fsp3) is 0.375. The minimum absolute atomic E-state index is 0.175. The topological polar surface area (TPSA) is 69.0 Å². The molecule has 1 N–H and O–H groups in total. The van der Waals surface area contributed by atoms with Crippen molar-refractivity contribution < 1.29 is 9.53 Å². The zero-order valence-corrected chi connectivity index (χ0v) is 20.1. The van der Waals surface area contributed by atoms with Crippen LogP contribution in [0.2, 0.25) is 5.02 Å². The Morgan fingerprint density at radius 1 is 1.09 bits per heavy atom. The van der Waals surface area contributed by atoms with Crippen LogP contribution in [0.15, 0.2) is 53.7 Å². The highest BCUT2D eigenvalue weighted by Crippen LogP contribution is 2.25. The third-order valence-electron chi connectivity index (χ3n) is 4.79. The third kappa shape index (κ3) is 6.74. The summed E-state index contributed by atoms with van der Waals surface area (Å²) >= 11 is 7.87. The van der Waals surface area contributed by atoms with Crippen LogP contribution in [0.4, 0.5) is 0 Å². The highest BCUT2D eigenvalue weighted by atomic mass is 35.5. The van der Waals surface area contributed by atoms with Crippen molar-refractivity contribution in [2.75, 3.05) is 12.4 Å². The van der Waals surface area contributed by atoms with Gasteiger partial charge in [0.1, 0.15) is 5.75 Å². The van der Waals surface area contributed by atoms with Gasteiger partial charge in [0.15, 0.2) is 11.0 Å². The first-order valence-electron chi connectivity index (χ1n) is 11.0. The molecule has 0 atom stereocenters. The number of nitrogens with zero attached hydrogens (tertiary/aromatic N) is 3. The van der Waals surface area contributed by atoms with Gasteiger partial charge in [0.2, 0.25) is 0 Å². The summed E-state index contributed by atoms with van der Waals surface area (Å²) in [6.07, 6.45) is 4.30. The maximum absolute atomic E-state index is 12.7. The molecule has 0 saturated heterocycles. The Morgan fingerprint density at radius 3 is 2.59 bits per heavy atom. The van der Waals surface area contributed by atoms with Crippen molar-refractivity contribution in [3.05, 3.63) is 64.9 Å². The van der Waals surface area contributed by atoms with Gasteiger partial charge in [-0.15, -0.1) is 10.2 Å². The predicted octanol–water partition coefficient (Wildman–Crippen LogP) is 5.92. The van der Waals surface area contributed by atoms with E-state index in [1.54, 1.807) is 23.9 Å². The first-order chi connectivity index (χ1) is 15.6. The molecule has 1 aromatic heterocycles. The standard InChI is InChI=1S/C24H29ClN4O2S/c1-3-5-14-31-21-12-10-18(11-13-21)23(30)26-17-22-27-28-24(32-15-6-4-2)29(22)20-9-7-8-19(25)16-20/h7-13,16H,3-6,14-15,17H2,1-2H3,(H,26,30). The van der Waals surface area contributed by atoms with Crippen LogP contribution in [-0.2, 0) is 6.54 Å². The Labute approximate surface area is 198 Å². The number of halogens is 1. The summed E-state index contributed by atoms with van der Waals surface area (Å²) in [7, 11) is 0. The predicted molar refractivity (Wildman–Crippen MR) is 130 cm³/mol. The normalized spacial score (nSPS) is 10.8. The summed E-state index contributed by atoms with van der Waals surface area (Å²) in [5.41, 5.74) is 1.44. The molecule has 2 aromatic carbocycles. The lowest BCUT2D eigenvalue weighted by Crippen LogP contribution is -2.24. The fourth-order valence-electron chi connectivity index (χ4n) is 2.99. The van der Waals surface area contributed by atoms with Crippen LogP contribution in [0.1, 0.15) is 55.7 Å². The van der Waals surface area contributed by atoms with E-state index in [4.69, 9.17) is 16.3 Å². The van der Waals surface area contributed by atoms with E-state index in [1.807, 2.05) is 41.0 Å². The van der Waals surface area contributed by atoms with Crippen LogP contribution < -0.4 is 10.1 Å². The Balaban J connectivity index is 1.70. The van der Waals surface area contributed by atoms with Crippen LogP contribution >= 0.6 is 23.4 Å². The zero-order chi connectivity index (χ0) is 22.8. The van der Waals surface area contributed by atoms with Gasteiger partial charge in [0, 0.05) is 16.3 Å². The van der Waals surface area contributed by atoms with Crippen molar-refractivity contribution in [2.24, 2.45) is 0 Å². The molecule has 0 radical (unpaired) electrons. The van der Waals surface area contributed by atoms with Crippen molar-refractivity contribution in [1.29, 1.82) is 0 Å². The second kappa shape index (κ2) is 12.5. The molecular formula is C24H29ClN4O2S. The first kappa shape index (κ1) is 24.1. The lowest BCUT2D eigenvalue weighted by atomic mass is 10.2. The Kier molecular flexibility index (Phi) is 9.43. The SMILES string of the molecule is CCCCOc1ccc(C(=O)NCc2nnc(SCCCC)n2-c2cccc(Cl)c2)cc1. The highest BCUT2D eigenvalue weighted by molar-refractivity contribution is 7.99. The highest BCUT2D eigenvalue weighted by Gasteiger charge is 2.16. The van der Waals surface area contributed by atoms with E-state index in [2.05, 4.69) is 29.4 Å². The molecule has 0 fully saturated rings. The van der Waals surface area contributed by atoms with Crippen LogP contribution in [0, 0.1) is 0 Å². The minimum Gasteiger partial charge on any atom is -0.494 e. The Hall–Kier alpha value is -2.51. The van der Waals surface area contributed by atoms with Crippen molar-refractivity contribution in [1.82, 2.24) is 20.1 Å². The number of aromatic nitrogens is 3. The largest absolute Gasteiger partial charge is 0.494 e. The number of nitrogens with one attached hydrogen (secondary N) is 1. The molecule has 0 aliphatic carbocycles. The molecule has 0 saturated carbocycles. The number of hydrogen-bond acceptors (Lipinski definition) is 5. The maximum Gasteiger partial charge on any atom is 0.251 e. The summed E-state index contributed by atoms with van der Waals surface area (Å²) in [4.78, 5) is 12.7. The smallest absolute Gasteiger partial charge is 0.251 e. The molecule has 6 nitrogen and oxygen atoms in total. The summed E-state index contributed by atoms with van der Waals surface area (Å²) in [6.45, 7) is 5.21. The number of benzene rings is 2. The molecule has 8 heteroatoms. The first-order valence-corrected chi connectivity index (χ1v) is 12.3. The molecular weight excluding hydrogens is 444 g/mol. The number of carbonyl (C=O) groups is 1. The van der Waals surface area contributed by atoms with Crippen molar-refractivity contribution in [2.45, 2.75) is 51.2 Å². The summed E-state index contributed by atoms with van der Waals surface area (Å²) in [5.74, 6) is 2.20. The van der Waals surface area contributed by atoms with Crippen LogP contribution in [0.3, 0.4) is 0 Å². The Bertz CT molecular complexity index is 1010. The number of thioether (sulfide) groups is 1. The molecule has 0 aliphatic heterocycles. The van der Waals surface area contributed by atoms with Crippen molar-refractivity contribution in [3.8, 4) is 11.4 Å². The van der Waals surface area contributed by atoms with E-state index in [9.17, 15) is 4.79 Å². The number of ether oxygens (including phenoxy) is 1. The van der Waals surface area contributed by atoms with Crippen molar-refractivity contribution in [3.63, 3.8) is 0 Å². The number of hydrogen-bond donors (Lipinski definition) is 1. The lowest BCUT2D eigenvalue weighted by molar-refractivity contribution is 0.0949. The van der Waals surface area contributed by atoms with E-state index < -0.39 is 0 Å². The molecule has 3 rings (SSSR count). The minimum atomic E-state index is -0.175. The van der Waals surface area contributed by atoms with Gasteiger partial charge in [-0.25, -0.2) is 0 Å². The number of carbonyl (C=O) groups excluding carboxylic acids is 1. The molecule has 0 spiro atoms. The van der Waals surface area contributed by atoms with Crippen LogP contribution in [-0.4, -0.2) is 33.0 Å². The number of amides is 1. The van der Waals surface area contributed by atoms with Crippen LogP contribution in [0.25, 0.3) is 5.69 Å². The molecule has 0 bridgehead atoms. The van der Waals surface area contributed by atoms with E-state index >= 15 is 0 Å². The summed E-state index contributed by atoms with van der Waals surface area (Å²) in [6, 6.07) is 14.7. The molecule has 1 amide bonds. The van der Waals surface area contributed by atoms with Gasteiger partial charge in [0.05, 0.1) is 18.8 Å². The molecule has 170 valence electrons. The quantitative estimate of drug-likeness (QED) is 0.261. The van der Waals surface area contributed by atoms with Gasteiger partial charge in [-0.3, -0.25) is 9.36 Å². The molecule has 0 aliphatic rings. The van der Waals surface area contributed by atoms with Crippen molar-refractivity contribution >= 4 is 29.3 Å². The van der Waals surface area contributed by atoms with Gasteiger partial charge in [-0.2, -0.15) is 0 Å². The van der Waals surface area contributed by atoms with E-state index in [0.717, 1.165) is 48.0 Å². The maximum atomic E-state index is 12.7. The van der Waals surface area contributed by atoms with E-state index in [0.29, 0.717) is 23.0 Å². The van der Waals surface area contributed by atoms with Gasteiger partial charge < -0.3 is 10.1 Å². The average Bonchev–Trinajstić information content (AvgIpc) is 3.21. The summed E-state index contributed by atoms with van der Waals surface area (Å²) < 4.78 is 7.62. The average molecular weight is 473 g/mol. The van der Waals surface area contributed by atoms with Gasteiger partial charge in [-0.1, -0.05) is 56.1 Å².